The first-order valence-corrected chi connectivity index (χ1v) is 3.23. The number of hydrogen-bond donors (Lipinski definition) is 0. The van der Waals surface area contributed by atoms with Crippen molar-refractivity contribution >= 4 is 19.0 Å². The topological polar surface area (TPSA) is 52.4 Å². The molecular weight excluding hydrogens is 157 g/mol. The van der Waals surface area contributed by atoms with Gasteiger partial charge < -0.3 is 4.74 Å². The molecule has 5 heteroatoms. The maximum absolute atomic E-state index is 10.4. The number of rotatable bonds is 2. The van der Waals surface area contributed by atoms with Crippen LogP contribution in [-0.2, 0) is 0 Å². The summed E-state index contributed by atoms with van der Waals surface area (Å²) in [4.78, 5) is 9.87. The van der Waals surface area contributed by atoms with Gasteiger partial charge in [-0.1, -0.05) is 11.5 Å². The Labute approximate surface area is 70.7 Å². The number of nitro benzene ring substituents is 1. The molecule has 0 N–H and O–H groups in total. The molecule has 0 aliphatic rings. The first-order valence-electron chi connectivity index (χ1n) is 3.23. The largest absolute Gasteiger partial charge is 0.490 e. The highest BCUT2D eigenvalue weighted by Crippen LogP contribution is 2.23. The smallest absolute Gasteiger partial charge is 0.310 e. The molecule has 0 aliphatic heterocycles. The van der Waals surface area contributed by atoms with Gasteiger partial charge in [0.2, 0.25) is 0 Å². The zero-order chi connectivity index (χ0) is 9.14. The third-order valence-corrected chi connectivity index (χ3v) is 1.40. The maximum atomic E-state index is 10.4. The van der Waals surface area contributed by atoms with Crippen LogP contribution in [0, 0.1) is 10.1 Å². The van der Waals surface area contributed by atoms with Crippen LogP contribution in [0.4, 0.5) is 5.69 Å². The summed E-state index contributed by atoms with van der Waals surface area (Å²) in [6.07, 6.45) is 0. The molecule has 0 bridgehead atoms. The van der Waals surface area contributed by atoms with Crippen molar-refractivity contribution in [3.63, 3.8) is 0 Å². The Morgan fingerprint density at radius 1 is 1.58 bits per heavy atom. The average molecular weight is 163 g/mol. The number of ether oxygens (including phenoxy) is 1. The molecule has 1 aromatic carbocycles. The van der Waals surface area contributed by atoms with Gasteiger partial charge in [0.1, 0.15) is 7.85 Å². The Morgan fingerprint density at radius 2 is 2.25 bits per heavy atom. The van der Waals surface area contributed by atoms with Crippen LogP contribution in [0.2, 0.25) is 0 Å². The van der Waals surface area contributed by atoms with Gasteiger partial charge in [-0.15, -0.1) is 0 Å². The standard InChI is InChI=1S/C7H6BNO3/c1-12-7-3-2-5(8)4-6(7)9(10)11/h2-4H,1H3. The molecule has 1 aromatic rings. The van der Waals surface area contributed by atoms with E-state index in [1.807, 2.05) is 0 Å². The van der Waals surface area contributed by atoms with Gasteiger partial charge in [0, 0.05) is 6.07 Å². The molecule has 0 amide bonds. The minimum Gasteiger partial charge on any atom is -0.490 e. The average Bonchev–Trinajstić information content (AvgIpc) is 2.04. The summed E-state index contributed by atoms with van der Waals surface area (Å²) < 4.78 is 4.76. The Balaban J connectivity index is 3.21. The highest BCUT2D eigenvalue weighted by molar-refractivity contribution is 6.32. The van der Waals surface area contributed by atoms with Crippen molar-refractivity contribution in [3.8, 4) is 5.75 Å². The lowest BCUT2D eigenvalue weighted by Gasteiger charge is -2.01. The van der Waals surface area contributed by atoms with Crippen LogP contribution in [0.1, 0.15) is 0 Å². The van der Waals surface area contributed by atoms with Gasteiger partial charge in [-0.3, -0.25) is 10.1 Å². The van der Waals surface area contributed by atoms with Crippen LogP contribution in [0.3, 0.4) is 0 Å². The lowest BCUT2D eigenvalue weighted by atomic mass is 9.96. The number of benzene rings is 1. The number of nitro groups is 1. The van der Waals surface area contributed by atoms with Gasteiger partial charge in [0.25, 0.3) is 0 Å². The Kier molecular flexibility index (Phi) is 2.33. The minimum absolute atomic E-state index is 0.113. The molecule has 12 heavy (non-hydrogen) atoms. The normalized spacial score (nSPS) is 9.42. The quantitative estimate of drug-likeness (QED) is 0.360. The highest BCUT2D eigenvalue weighted by Gasteiger charge is 2.12. The van der Waals surface area contributed by atoms with Gasteiger partial charge in [-0.25, -0.2) is 0 Å². The summed E-state index contributed by atoms with van der Waals surface area (Å²) in [7, 11) is 6.73. The lowest BCUT2D eigenvalue weighted by molar-refractivity contribution is -0.385. The molecule has 2 radical (unpaired) electrons. The monoisotopic (exact) mass is 163 g/mol. The zero-order valence-electron chi connectivity index (χ0n) is 6.48. The first-order chi connectivity index (χ1) is 5.65. The summed E-state index contributed by atoms with van der Waals surface area (Å²) in [5.74, 6) is 0.217. The second kappa shape index (κ2) is 3.25. The zero-order valence-corrected chi connectivity index (χ0v) is 6.48. The van der Waals surface area contributed by atoms with Crippen molar-refractivity contribution < 1.29 is 9.66 Å². The number of hydrogen-bond acceptors (Lipinski definition) is 3. The van der Waals surface area contributed by atoms with Gasteiger partial charge in [-0.05, 0) is 6.07 Å². The number of methoxy groups -OCH3 is 1. The summed E-state index contributed by atoms with van der Waals surface area (Å²) in [5.41, 5.74) is 0.236. The Morgan fingerprint density at radius 3 is 2.75 bits per heavy atom. The summed E-state index contributed by atoms with van der Waals surface area (Å²) in [6.45, 7) is 0. The Bertz CT molecular complexity index is 314. The molecular formula is C7H6BNO3. The van der Waals surface area contributed by atoms with Gasteiger partial charge in [-0.2, -0.15) is 0 Å². The molecule has 0 aromatic heterocycles. The van der Waals surface area contributed by atoms with Gasteiger partial charge in [0.05, 0.1) is 12.0 Å². The molecule has 0 unspecified atom stereocenters. The fourth-order valence-corrected chi connectivity index (χ4v) is 0.850. The van der Waals surface area contributed by atoms with E-state index in [2.05, 4.69) is 0 Å². The van der Waals surface area contributed by atoms with Crippen molar-refractivity contribution in [2.75, 3.05) is 7.11 Å². The van der Waals surface area contributed by atoms with Crippen molar-refractivity contribution in [1.82, 2.24) is 0 Å². The summed E-state index contributed by atoms with van der Waals surface area (Å²) in [6, 6.07) is 4.28. The fourth-order valence-electron chi connectivity index (χ4n) is 0.850. The molecule has 0 atom stereocenters. The van der Waals surface area contributed by atoms with Crippen molar-refractivity contribution in [3.05, 3.63) is 28.3 Å². The van der Waals surface area contributed by atoms with Crippen LogP contribution in [-0.4, -0.2) is 19.9 Å². The molecule has 0 saturated carbocycles. The predicted molar refractivity (Wildman–Crippen MR) is 45.0 cm³/mol. The van der Waals surface area contributed by atoms with E-state index in [1.165, 1.54) is 19.2 Å². The third kappa shape index (κ3) is 1.55. The van der Waals surface area contributed by atoms with E-state index in [-0.39, 0.29) is 11.4 Å². The van der Waals surface area contributed by atoms with E-state index in [9.17, 15) is 10.1 Å². The van der Waals surface area contributed by atoms with E-state index in [4.69, 9.17) is 12.6 Å². The van der Waals surface area contributed by atoms with Gasteiger partial charge >= 0.3 is 5.69 Å². The fraction of sp³-hybridized carbons (Fsp3) is 0.143. The van der Waals surface area contributed by atoms with E-state index in [0.29, 0.717) is 5.46 Å². The second-order valence-corrected chi connectivity index (χ2v) is 2.19. The third-order valence-electron chi connectivity index (χ3n) is 1.40. The van der Waals surface area contributed by atoms with Crippen LogP contribution in [0.25, 0.3) is 0 Å². The van der Waals surface area contributed by atoms with Crippen LogP contribution < -0.4 is 10.2 Å². The minimum atomic E-state index is -0.533. The molecule has 0 aliphatic carbocycles. The van der Waals surface area contributed by atoms with Crippen molar-refractivity contribution in [2.24, 2.45) is 0 Å². The molecule has 0 saturated heterocycles. The lowest BCUT2D eigenvalue weighted by Crippen LogP contribution is -2.04. The summed E-state index contributed by atoms with van der Waals surface area (Å²) in [5, 5.41) is 10.4. The van der Waals surface area contributed by atoms with E-state index in [1.54, 1.807) is 6.07 Å². The van der Waals surface area contributed by atoms with E-state index < -0.39 is 4.92 Å². The highest BCUT2D eigenvalue weighted by atomic mass is 16.6. The molecule has 4 nitrogen and oxygen atoms in total. The van der Waals surface area contributed by atoms with Crippen LogP contribution in [0.15, 0.2) is 18.2 Å². The Hall–Kier alpha value is -1.52. The second-order valence-electron chi connectivity index (χ2n) is 2.19. The van der Waals surface area contributed by atoms with E-state index >= 15 is 0 Å². The maximum Gasteiger partial charge on any atom is 0.310 e. The van der Waals surface area contributed by atoms with Crippen molar-refractivity contribution in [1.29, 1.82) is 0 Å². The predicted octanol–water partition coefficient (Wildman–Crippen LogP) is 0.397. The number of nitrogens with zero attached hydrogens (tertiary/aromatic N) is 1. The molecule has 0 spiro atoms. The molecule has 60 valence electrons. The first kappa shape index (κ1) is 8.58. The van der Waals surface area contributed by atoms with Crippen LogP contribution in [0.5, 0.6) is 5.75 Å². The SMILES string of the molecule is [B]c1ccc(OC)c([N+](=O)[O-])c1. The van der Waals surface area contributed by atoms with Crippen LogP contribution >= 0.6 is 0 Å². The van der Waals surface area contributed by atoms with Gasteiger partial charge in [0.15, 0.2) is 5.75 Å². The summed E-state index contributed by atoms with van der Waals surface area (Å²) >= 11 is 0. The van der Waals surface area contributed by atoms with Crippen molar-refractivity contribution in [2.45, 2.75) is 0 Å². The van der Waals surface area contributed by atoms with E-state index in [0.717, 1.165) is 0 Å². The molecule has 1 rings (SSSR count). The molecule has 0 heterocycles. The molecule has 0 fully saturated rings.